The second-order valence-electron chi connectivity index (χ2n) is 1.94. The van der Waals surface area contributed by atoms with E-state index in [1.165, 1.54) is 0 Å². The fraction of sp³-hybridized carbons (Fsp3) is 1.00. The molecule has 4 N–H and O–H groups in total. The monoisotopic (exact) mass is 185 g/mol. The van der Waals surface area contributed by atoms with Crippen molar-refractivity contribution < 1.29 is 17.2 Å². The fourth-order valence-corrected chi connectivity index (χ4v) is 1.20. The number of quaternary nitrogens is 1. The van der Waals surface area contributed by atoms with Crippen molar-refractivity contribution in [3.63, 3.8) is 0 Å². The van der Waals surface area contributed by atoms with Crippen LogP contribution in [0.2, 0.25) is 0 Å². The first-order valence-corrected chi connectivity index (χ1v) is 4.47. The first kappa shape index (κ1) is 13.4. The van der Waals surface area contributed by atoms with Gasteiger partial charge >= 0.3 is 0 Å². The third-order valence-electron chi connectivity index (χ3n) is 1.16. The van der Waals surface area contributed by atoms with Gasteiger partial charge in [0, 0.05) is 0 Å². The third kappa shape index (κ3) is 7.73. The maximum absolute atomic E-state index is 9.98. The number of rotatable bonds is 4. The van der Waals surface area contributed by atoms with Crippen LogP contribution in [0.15, 0.2) is 0 Å². The highest BCUT2D eigenvalue weighted by atomic mass is 32.3. The predicted molar refractivity (Wildman–Crippen MR) is 41.1 cm³/mol. The minimum absolute atomic E-state index is 0. The van der Waals surface area contributed by atoms with Gasteiger partial charge < -0.3 is 10.7 Å². The Balaban J connectivity index is 0. The first-order valence-electron chi connectivity index (χ1n) is 3.13. The third-order valence-corrected chi connectivity index (χ3v) is 1.67. The van der Waals surface area contributed by atoms with E-state index >= 15 is 0 Å². The van der Waals surface area contributed by atoms with Gasteiger partial charge in [-0.1, -0.05) is 13.8 Å². The summed E-state index contributed by atoms with van der Waals surface area (Å²) >= 11 is 0. The van der Waals surface area contributed by atoms with Crippen molar-refractivity contribution >= 4 is 10.4 Å². The summed E-state index contributed by atoms with van der Waals surface area (Å²) in [6, 6.07) is 0. The van der Waals surface area contributed by atoms with Crippen LogP contribution in [0, 0.1) is 0 Å². The molecule has 0 saturated heterocycles. The Morgan fingerprint density at radius 1 is 1.36 bits per heavy atom. The molecule has 0 aromatic carbocycles. The molecule has 0 aromatic rings. The zero-order valence-electron chi connectivity index (χ0n) is 7.03. The molecule has 0 spiro atoms. The van der Waals surface area contributed by atoms with Gasteiger partial charge in [-0.05, 0) is 12.8 Å². The van der Waals surface area contributed by atoms with Crippen molar-refractivity contribution in [1.29, 1.82) is 0 Å². The Morgan fingerprint density at radius 3 is 1.82 bits per heavy atom. The zero-order valence-corrected chi connectivity index (χ0v) is 7.85. The summed E-state index contributed by atoms with van der Waals surface area (Å²) in [6.45, 7) is 3.53. The Kier molecular flexibility index (Phi) is 6.68. The van der Waals surface area contributed by atoms with Crippen molar-refractivity contribution in [3.8, 4) is 0 Å². The summed E-state index contributed by atoms with van der Waals surface area (Å²) in [4.78, 5) is 0. The van der Waals surface area contributed by atoms with Gasteiger partial charge in [0.1, 0.15) is 0 Å². The zero-order chi connectivity index (χ0) is 8.20. The van der Waals surface area contributed by atoms with E-state index in [-0.39, 0.29) is 6.15 Å². The van der Waals surface area contributed by atoms with E-state index in [1.807, 2.05) is 0 Å². The summed E-state index contributed by atoms with van der Waals surface area (Å²) in [5.41, 5.74) is 0. The van der Waals surface area contributed by atoms with E-state index in [0.717, 1.165) is 0 Å². The van der Waals surface area contributed by atoms with E-state index in [1.54, 1.807) is 13.8 Å². The summed E-state index contributed by atoms with van der Waals surface area (Å²) in [6.07, 6.45) is 0.623. The van der Waals surface area contributed by atoms with E-state index in [0.29, 0.717) is 12.8 Å². The number of hydrogen-bond acceptors (Lipinski definition) is 4. The summed E-state index contributed by atoms with van der Waals surface area (Å²) in [7, 11) is -4.50. The molecule has 6 heteroatoms. The maximum Gasteiger partial charge on any atom is 0.217 e. The van der Waals surface area contributed by atoms with Crippen molar-refractivity contribution in [3.05, 3.63) is 0 Å². The molecule has 0 amide bonds. The quantitative estimate of drug-likeness (QED) is 0.521. The standard InChI is InChI=1S/C5H12O4S.H3N/c1-3-5(4-2)9-10(6,7)8;/h5H,3-4H2,1-2H3,(H,6,7,8);1H3. The molecule has 0 saturated carbocycles. The predicted octanol–water partition coefficient (Wildman–Crippen LogP) is 1.03. The molecule has 0 aliphatic rings. The fourth-order valence-electron chi connectivity index (χ4n) is 0.591. The normalized spacial score (nSPS) is 11.3. The van der Waals surface area contributed by atoms with Crippen LogP contribution in [0.3, 0.4) is 0 Å². The molecule has 0 aliphatic carbocycles. The van der Waals surface area contributed by atoms with E-state index in [4.69, 9.17) is 0 Å². The molecule has 5 nitrogen and oxygen atoms in total. The van der Waals surface area contributed by atoms with Gasteiger partial charge in [0.05, 0.1) is 6.10 Å². The largest absolute Gasteiger partial charge is 0.726 e. The summed E-state index contributed by atoms with van der Waals surface area (Å²) < 4.78 is 34.1. The topological polar surface area (TPSA) is 103 Å². The van der Waals surface area contributed by atoms with Crippen LogP contribution < -0.4 is 6.15 Å². The lowest BCUT2D eigenvalue weighted by Crippen LogP contribution is -2.15. The summed E-state index contributed by atoms with van der Waals surface area (Å²) in [5, 5.41) is 0. The van der Waals surface area contributed by atoms with Crippen molar-refractivity contribution in [2.24, 2.45) is 0 Å². The van der Waals surface area contributed by atoms with Crippen molar-refractivity contribution in [2.75, 3.05) is 0 Å². The Labute approximate surface area is 67.3 Å². The molecule has 0 aromatic heterocycles. The Bertz CT molecular complexity index is 173. The van der Waals surface area contributed by atoms with Crippen LogP contribution in [0.4, 0.5) is 0 Å². The lowest BCUT2D eigenvalue weighted by Gasteiger charge is -2.15. The lowest BCUT2D eigenvalue weighted by molar-refractivity contribution is 0.170. The average molecular weight is 185 g/mol. The van der Waals surface area contributed by atoms with E-state index in [2.05, 4.69) is 4.18 Å². The molecule has 11 heavy (non-hydrogen) atoms. The molecule has 0 heterocycles. The second kappa shape index (κ2) is 5.48. The van der Waals surface area contributed by atoms with Gasteiger partial charge in [-0.15, -0.1) is 0 Å². The molecule has 0 unspecified atom stereocenters. The average Bonchev–Trinajstić information content (AvgIpc) is 1.81. The highest BCUT2D eigenvalue weighted by Gasteiger charge is 2.06. The Hall–Kier alpha value is -0.170. The van der Waals surface area contributed by atoms with Gasteiger partial charge in [0.15, 0.2) is 0 Å². The van der Waals surface area contributed by atoms with Crippen LogP contribution in [0.5, 0.6) is 0 Å². The Morgan fingerprint density at radius 2 is 1.73 bits per heavy atom. The second-order valence-corrected chi connectivity index (χ2v) is 2.95. The van der Waals surface area contributed by atoms with Crippen LogP contribution >= 0.6 is 0 Å². The van der Waals surface area contributed by atoms with E-state index in [9.17, 15) is 13.0 Å². The van der Waals surface area contributed by atoms with Crippen molar-refractivity contribution in [2.45, 2.75) is 32.8 Å². The molecule has 0 radical (unpaired) electrons. The minimum Gasteiger partial charge on any atom is -0.726 e. The van der Waals surface area contributed by atoms with Crippen LogP contribution in [0.1, 0.15) is 26.7 Å². The van der Waals surface area contributed by atoms with Crippen molar-refractivity contribution in [1.82, 2.24) is 6.15 Å². The van der Waals surface area contributed by atoms with Gasteiger partial charge in [-0.3, -0.25) is 4.18 Å². The van der Waals surface area contributed by atoms with Crippen LogP contribution in [0.25, 0.3) is 0 Å². The molecule has 0 fully saturated rings. The SMILES string of the molecule is CCC(CC)OS(=O)(=O)[O-].[NH4+]. The lowest BCUT2D eigenvalue weighted by atomic mass is 10.2. The maximum atomic E-state index is 9.98. The van der Waals surface area contributed by atoms with E-state index < -0.39 is 16.5 Å². The van der Waals surface area contributed by atoms with Gasteiger partial charge in [-0.25, -0.2) is 8.42 Å². The molecule has 0 rings (SSSR count). The molecule has 70 valence electrons. The smallest absolute Gasteiger partial charge is 0.217 e. The van der Waals surface area contributed by atoms with Crippen LogP contribution in [-0.4, -0.2) is 19.1 Å². The molecule has 0 bridgehead atoms. The van der Waals surface area contributed by atoms with Gasteiger partial charge in [-0.2, -0.15) is 0 Å². The minimum atomic E-state index is -4.50. The van der Waals surface area contributed by atoms with Gasteiger partial charge in [0.2, 0.25) is 10.4 Å². The highest BCUT2D eigenvalue weighted by molar-refractivity contribution is 7.80. The van der Waals surface area contributed by atoms with Crippen LogP contribution in [-0.2, 0) is 14.6 Å². The number of hydrogen-bond donors (Lipinski definition) is 1. The van der Waals surface area contributed by atoms with Gasteiger partial charge in [0.25, 0.3) is 0 Å². The first-order chi connectivity index (χ1) is 4.49. The summed E-state index contributed by atoms with van der Waals surface area (Å²) in [5.74, 6) is 0. The highest BCUT2D eigenvalue weighted by Crippen LogP contribution is 2.05. The molecule has 0 atom stereocenters. The molecular weight excluding hydrogens is 170 g/mol. The molecule has 0 aliphatic heterocycles. The molecular formula is C5H15NO4S.